The lowest BCUT2D eigenvalue weighted by molar-refractivity contribution is -0.124. The van der Waals surface area contributed by atoms with E-state index in [-0.39, 0.29) is 27.7 Å². The first kappa shape index (κ1) is 19.3. The van der Waals surface area contributed by atoms with Crippen molar-refractivity contribution in [3.05, 3.63) is 51.6 Å². The SMILES string of the molecule is CC[C@@H](C)N1C(=O)S/C(=C\c2ccc(-c3cc(C(=O)O)ccc3Cl)o2)C1=O. The fourth-order valence-corrected chi connectivity index (χ4v) is 3.71. The molecule has 8 heteroatoms. The zero-order valence-corrected chi connectivity index (χ0v) is 16.1. The molecule has 1 aliphatic rings. The maximum atomic E-state index is 12.5. The predicted octanol–water partition coefficient (Wildman–Crippen LogP) is 5.13. The van der Waals surface area contributed by atoms with Crippen LogP contribution in [0.2, 0.25) is 5.02 Å². The minimum Gasteiger partial charge on any atom is -0.478 e. The number of carbonyl (C=O) groups excluding carboxylic acids is 2. The van der Waals surface area contributed by atoms with Gasteiger partial charge in [-0.2, -0.15) is 0 Å². The first-order chi connectivity index (χ1) is 12.8. The summed E-state index contributed by atoms with van der Waals surface area (Å²) in [5.41, 5.74) is 0.519. The summed E-state index contributed by atoms with van der Waals surface area (Å²) in [7, 11) is 0. The van der Waals surface area contributed by atoms with E-state index in [0.29, 0.717) is 28.5 Å². The van der Waals surface area contributed by atoms with Crippen LogP contribution in [0.15, 0.2) is 39.7 Å². The van der Waals surface area contributed by atoms with Gasteiger partial charge in [-0.05, 0) is 55.4 Å². The van der Waals surface area contributed by atoms with E-state index in [4.69, 9.17) is 21.1 Å². The normalized spacial score (nSPS) is 17.0. The Balaban J connectivity index is 1.90. The lowest BCUT2D eigenvalue weighted by Gasteiger charge is -2.19. The quantitative estimate of drug-likeness (QED) is 0.693. The number of rotatable bonds is 5. The number of carboxylic acid groups (broad SMARTS) is 1. The molecule has 0 radical (unpaired) electrons. The van der Waals surface area contributed by atoms with E-state index in [9.17, 15) is 14.4 Å². The molecule has 1 aromatic heterocycles. The maximum Gasteiger partial charge on any atom is 0.335 e. The molecule has 140 valence electrons. The Morgan fingerprint density at radius 1 is 1.33 bits per heavy atom. The molecule has 1 saturated heterocycles. The summed E-state index contributed by atoms with van der Waals surface area (Å²) in [6, 6.07) is 7.41. The number of amides is 2. The van der Waals surface area contributed by atoms with E-state index < -0.39 is 5.97 Å². The molecule has 2 heterocycles. The van der Waals surface area contributed by atoms with Crippen molar-refractivity contribution in [1.82, 2.24) is 4.90 Å². The standard InChI is InChI=1S/C19H16ClNO5S/c1-3-10(2)21-17(22)16(27-19(21)25)9-12-5-7-15(26-12)13-8-11(18(23)24)4-6-14(13)20/h4-10H,3H2,1-2H3,(H,23,24)/b16-9-/t10-/m1/s1. The molecule has 1 aliphatic heterocycles. The molecule has 2 aromatic rings. The van der Waals surface area contributed by atoms with Crippen molar-refractivity contribution in [3.8, 4) is 11.3 Å². The number of furan rings is 1. The largest absolute Gasteiger partial charge is 0.478 e. The van der Waals surface area contributed by atoms with E-state index >= 15 is 0 Å². The Kier molecular flexibility index (Phi) is 5.43. The number of nitrogens with zero attached hydrogens (tertiary/aromatic N) is 1. The van der Waals surface area contributed by atoms with Crippen molar-refractivity contribution in [1.29, 1.82) is 0 Å². The minimum atomic E-state index is -1.07. The van der Waals surface area contributed by atoms with Gasteiger partial charge in [0.25, 0.3) is 11.1 Å². The van der Waals surface area contributed by atoms with E-state index in [1.807, 2.05) is 13.8 Å². The van der Waals surface area contributed by atoms with Gasteiger partial charge in [0.2, 0.25) is 0 Å². The molecule has 0 unspecified atom stereocenters. The second kappa shape index (κ2) is 7.62. The van der Waals surface area contributed by atoms with Crippen LogP contribution in [0, 0.1) is 0 Å². The summed E-state index contributed by atoms with van der Waals surface area (Å²) in [6.45, 7) is 3.73. The number of hydrogen-bond donors (Lipinski definition) is 1. The van der Waals surface area contributed by atoms with Crippen molar-refractivity contribution >= 4 is 46.6 Å². The molecule has 27 heavy (non-hydrogen) atoms. The lowest BCUT2D eigenvalue weighted by Crippen LogP contribution is -2.36. The van der Waals surface area contributed by atoms with Gasteiger partial charge in [0.15, 0.2) is 0 Å². The predicted molar refractivity (Wildman–Crippen MR) is 104 cm³/mol. The lowest BCUT2D eigenvalue weighted by atomic mass is 10.1. The average Bonchev–Trinajstić information content (AvgIpc) is 3.19. The van der Waals surface area contributed by atoms with Crippen LogP contribution in [0.25, 0.3) is 17.4 Å². The number of benzene rings is 1. The summed E-state index contributed by atoms with van der Waals surface area (Å²) >= 11 is 7.02. The first-order valence-corrected chi connectivity index (χ1v) is 9.41. The van der Waals surface area contributed by atoms with Crippen molar-refractivity contribution < 1.29 is 23.9 Å². The highest BCUT2D eigenvalue weighted by Crippen LogP contribution is 2.36. The van der Waals surface area contributed by atoms with Gasteiger partial charge in [0, 0.05) is 17.7 Å². The third kappa shape index (κ3) is 3.79. The van der Waals surface area contributed by atoms with Crippen LogP contribution in [0.1, 0.15) is 36.4 Å². The Bertz CT molecular complexity index is 965. The van der Waals surface area contributed by atoms with Crippen LogP contribution in [0.4, 0.5) is 4.79 Å². The Labute approximate surface area is 164 Å². The summed E-state index contributed by atoms with van der Waals surface area (Å²) in [6.07, 6.45) is 2.18. The summed E-state index contributed by atoms with van der Waals surface area (Å²) in [4.78, 5) is 37.2. The summed E-state index contributed by atoms with van der Waals surface area (Å²) in [5.74, 6) is -0.673. The number of imide groups is 1. The number of carboxylic acids is 1. The topological polar surface area (TPSA) is 87.8 Å². The molecular weight excluding hydrogens is 390 g/mol. The summed E-state index contributed by atoms with van der Waals surface area (Å²) < 4.78 is 5.70. The Morgan fingerprint density at radius 3 is 2.74 bits per heavy atom. The third-order valence-corrected chi connectivity index (χ3v) is 5.45. The highest BCUT2D eigenvalue weighted by molar-refractivity contribution is 8.18. The van der Waals surface area contributed by atoms with E-state index in [1.165, 1.54) is 29.2 Å². The van der Waals surface area contributed by atoms with Crippen LogP contribution in [-0.4, -0.2) is 33.2 Å². The second-order valence-electron chi connectivity index (χ2n) is 6.01. The third-order valence-electron chi connectivity index (χ3n) is 4.23. The maximum absolute atomic E-state index is 12.5. The van der Waals surface area contributed by atoms with Gasteiger partial charge in [-0.1, -0.05) is 18.5 Å². The molecular formula is C19H16ClNO5S. The van der Waals surface area contributed by atoms with Crippen LogP contribution in [0.3, 0.4) is 0 Å². The highest BCUT2D eigenvalue weighted by Gasteiger charge is 2.37. The van der Waals surface area contributed by atoms with E-state index in [1.54, 1.807) is 12.1 Å². The monoisotopic (exact) mass is 405 g/mol. The molecule has 2 amide bonds. The van der Waals surface area contributed by atoms with Gasteiger partial charge >= 0.3 is 5.97 Å². The zero-order valence-electron chi connectivity index (χ0n) is 14.6. The number of halogens is 1. The molecule has 1 atom stereocenters. The van der Waals surface area contributed by atoms with Gasteiger partial charge < -0.3 is 9.52 Å². The number of hydrogen-bond acceptors (Lipinski definition) is 5. The number of aromatic carboxylic acids is 1. The Hall–Kier alpha value is -2.51. The Morgan fingerprint density at radius 2 is 2.07 bits per heavy atom. The smallest absolute Gasteiger partial charge is 0.335 e. The van der Waals surface area contributed by atoms with Gasteiger partial charge in [0.05, 0.1) is 15.5 Å². The second-order valence-corrected chi connectivity index (χ2v) is 7.41. The van der Waals surface area contributed by atoms with Gasteiger partial charge in [-0.3, -0.25) is 14.5 Å². The van der Waals surface area contributed by atoms with Crippen molar-refractivity contribution in [3.63, 3.8) is 0 Å². The fraction of sp³-hybridized carbons (Fsp3) is 0.211. The molecule has 0 saturated carbocycles. The zero-order chi connectivity index (χ0) is 19.7. The molecule has 1 N–H and O–H groups in total. The molecule has 1 fully saturated rings. The molecule has 6 nitrogen and oxygen atoms in total. The van der Waals surface area contributed by atoms with Crippen molar-refractivity contribution in [2.75, 3.05) is 0 Å². The number of thioether (sulfide) groups is 1. The molecule has 0 aliphatic carbocycles. The molecule has 1 aromatic carbocycles. The van der Waals surface area contributed by atoms with E-state index in [0.717, 1.165) is 11.8 Å². The first-order valence-electron chi connectivity index (χ1n) is 8.22. The minimum absolute atomic E-state index is 0.0852. The van der Waals surface area contributed by atoms with E-state index in [2.05, 4.69) is 0 Å². The van der Waals surface area contributed by atoms with Crippen molar-refractivity contribution in [2.24, 2.45) is 0 Å². The molecule has 3 rings (SSSR count). The van der Waals surface area contributed by atoms with Gasteiger partial charge in [-0.15, -0.1) is 0 Å². The van der Waals surface area contributed by atoms with Crippen LogP contribution in [0.5, 0.6) is 0 Å². The van der Waals surface area contributed by atoms with Crippen LogP contribution >= 0.6 is 23.4 Å². The fourth-order valence-electron chi connectivity index (χ4n) is 2.59. The van der Waals surface area contributed by atoms with Crippen LogP contribution in [-0.2, 0) is 4.79 Å². The molecule has 0 spiro atoms. The summed E-state index contributed by atoms with van der Waals surface area (Å²) in [5, 5.41) is 9.17. The van der Waals surface area contributed by atoms with Crippen LogP contribution < -0.4 is 0 Å². The highest BCUT2D eigenvalue weighted by atomic mass is 35.5. The molecule has 0 bridgehead atoms. The number of carbonyl (C=O) groups is 3. The van der Waals surface area contributed by atoms with Gasteiger partial charge in [0.1, 0.15) is 11.5 Å². The van der Waals surface area contributed by atoms with Crippen molar-refractivity contribution in [2.45, 2.75) is 26.3 Å². The van der Waals surface area contributed by atoms with Gasteiger partial charge in [-0.25, -0.2) is 4.79 Å². The average molecular weight is 406 g/mol.